The molecule has 2 heterocycles. The largest absolute Gasteiger partial charge is 0.370 e. The number of rotatable bonds is 0. The highest BCUT2D eigenvalue weighted by molar-refractivity contribution is 6.32. The van der Waals surface area contributed by atoms with Gasteiger partial charge in [-0.2, -0.15) is 0 Å². The van der Waals surface area contributed by atoms with E-state index in [4.69, 9.17) is 0 Å². The lowest BCUT2D eigenvalue weighted by Crippen LogP contribution is -2.04. The molecule has 2 rings (SSSR count). The maximum atomic E-state index is 4.25. The zero-order valence-electron chi connectivity index (χ0n) is 6.02. The molecule has 10 heavy (non-hydrogen) atoms. The predicted octanol–water partition coefficient (Wildman–Crippen LogP) is -0.692. The third kappa shape index (κ3) is 0.782. The van der Waals surface area contributed by atoms with E-state index in [1.807, 2.05) is 6.20 Å². The van der Waals surface area contributed by atoms with Crippen molar-refractivity contribution < 1.29 is 0 Å². The second-order valence-electron chi connectivity index (χ2n) is 2.70. The number of hydrogen-bond donors (Lipinski definition) is 1. The van der Waals surface area contributed by atoms with Crippen LogP contribution in [0.25, 0.3) is 0 Å². The fraction of sp³-hybridized carbons (Fsp3) is 0.286. The Labute approximate surface area is 61.1 Å². The molecule has 0 atom stereocenters. The van der Waals surface area contributed by atoms with E-state index < -0.39 is 0 Å². The Balaban J connectivity index is 2.52. The minimum atomic E-state index is 1.05. The molecule has 0 saturated heterocycles. The molecule has 0 fully saturated rings. The van der Waals surface area contributed by atoms with Gasteiger partial charge in [0, 0.05) is 12.7 Å². The van der Waals surface area contributed by atoms with Crippen molar-refractivity contribution in [3.05, 3.63) is 17.8 Å². The summed E-state index contributed by atoms with van der Waals surface area (Å²) in [5.74, 6) is 1.07. The Morgan fingerprint density at radius 2 is 2.50 bits per heavy atom. The van der Waals surface area contributed by atoms with E-state index in [1.165, 1.54) is 11.0 Å². The quantitative estimate of drug-likeness (QED) is 0.472. The van der Waals surface area contributed by atoms with Crippen molar-refractivity contribution in [3.63, 3.8) is 0 Å². The fourth-order valence-corrected chi connectivity index (χ4v) is 1.30. The van der Waals surface area contributed by atoms with Crippen LogP contribution >= 0.6 is 0 Å². The monoisotopic (exact) mass is 132 g/mol. The van der Waals surface area contributed by atoms with Crippen molar-refractivity contribution in [2.75, 3.05) is 11.9 Å². The van der Waals surface area contributed by atoms with Crippen LogP contribution in [0.4, 0.5) is 5.82 Å². The van der Waals surface area contributed by atoms with Crippen molar-refractivity contribution in [2.24, 2.45) is 0 Å². The van der Waals surface area contributed by atoms with Gasteiger partial charge in [0.25, 0.3) is 0 Å². The first kappa shape index (κ1) is 5.77. The molecule has 1 N–H and O–H groups in total. The Kier molecular flexibility index (Phi) is 1.16. The molecule has 1 aromatic rings. The fourth-order valence-electron chi connectivity index (χ4n) is 1.30. The van der Waals surface area contributed by atoms with Crippen LogP contribution in [-0.2, 0) is 6.42 Å². The lowest BCUT2D eigenvalue weighted by molar-refractivity contribution is 1.11. The summed E-state index contributed by atoms with van der Waals surface area (Å²) < 4.78 is 0. The van der Waals surface area contributed by atoms with Gasteiger partial charge in [-0.25, -0.2) is 4.98 Å². The molecule has 0 aliphatic carbocycles. The smallest absolute Gasteiger partial charge is 0.141 e. The maximum Gasteiger partial charge on any atom is 0.141 e. The summed E-state index contributed by atoms with van der Waals surface area (Å²) in [5, 5.41) is 3.22. The average molecular weight is 132 g/mol. The zero-order chi connectivity index (χ0) is 6.97. The van der Waals surface area contributed by atoms with E-state index >= 15 is 0 Å². The number of hydrogen-bond acceptors (Lipinski definition) is 2. The summed E-state index contributed by atoms with van der Waals surface area (Å²) in [4.78, 5) is 4.25. The molecule has 2 nitrogen and oxygen atoms in total. The lowest BCUT2D eigenvalue weighted by atomic mass is 9.97. The second kappa shape index (κ2) is 2.01. The van der Waals surface area contributed by atoms with Gasteiger partial charge in [0.05, 0.1) is 0 Å². The molecule has 0 unspecified atom stereocenters. The lowest BCUT2D eigenvalue weighted by Gasteiger charge is -1.97. The number of pyridine rings is 1. The summed E-state index contributed by atoms with van der Waals surface area (Å²) in [6.45, 7) is 1.05. The first-order chi connectivity index (χ1) is 4.86. The van der Waals surface area contributed by atoms with Crippen LogP contribution in [0.3, 0.4) is 0 Å². The van der Waals surface area contributed by atoms with Gasteiger partial charge in [-0.1, -0.05) is 11.5 Å². The van der Waals surface area contributed by atoms with E-state index in [0.717, 1.165) is 18.8 Å². The molecule has 0 amide bonds. The van der Waals surface area contributed by atoms with E-state index in [1.54, 1.807) is 0 Å². The summed E-state index contributed by atoms with van der Waals surface area (Å²) in [6.07, 6.45) is 3.03. The van der Waals surface area contributed by atoms with Crippen molar-refractivity contribution in [3.8, 4) is 0 Å². The Bertz CT molecular complexity index is 260. The third-order valence-electron chi connectivity index (χ3n) is 1.79. The molecule has 0 radical (unpaired) electrons. The molecule has 0 saturated carbocycles. The van der Waals surface area contributed by atoms with Crippen molar-refractivity contribution >= 4 is 19.1 Å². The van der Waals surface area contributed by atoms with E-state index in [2.05, 4.69) is 24.2 Å². The maximum absolute atomic E-state index is 4.25. The number of nitrogens with zero attached hydrogens (tertiary/aromatic N) is 1. The molecular weight excluding hydrogens is 123 g/mol. The molecule has 0 bridgehead atoms. The average Bonchev–Trinajstić information content (AvgIpc) is 2.33. The first-order valence-electron chi connectivity index (χ1n) is 3.55. The van der Waals surface area contributed by atoms with Crippen molar-refractivity contribution in [1.82, 2.24) is 4.98 Å². The van der Waals surface area contributed by atoms with Gasteiger partial charge < -0.3 is 5.32 Å². The van der Waals surface area contributed by atoms with Gasteiger partial charge in [-0.15, -0.1) is 0 Å². The van der Waals surface area contributed by atoms with Gasteiger partial charge in [0.2, 0.25) is 0 Å². The van der Waals surface area contributed by atoms with Crippen LogP contribution in [0, 0.1) is 0 Å². The summed E-state index contributed by atoms with van der Waals surface area (Å²) >= 11 is 0. The molecule has 3 heteroatoms. The van der Waals surface area contributed by atoms with Gasteiger partial charge in [0.1, 0.15) is 13.7 Å². The van der Waals surface area contributed by atoms with Crippen LogP contribution in [-0.4, -0.2) is 19.4 Å². The topological polar surface area (TPSA) is 24.9 Å². The number of anilines is 1. The molecule has 50 valence electrons. The number of aromatic nitrogens is 1. The third-order valence-corrected chi connectivity index (χ3v) is 1.79. The predicted molar refractivity (Wildman–Crippen MR) is 44.6 cm³/mol. The van der Waals surface area contributed by atoms with Gasteiger partial charge in [-0.3, -0.25) is 0 Å². The SMILES string of the molecule is Bc1cnc2c(c1)CCN2. The minimum Gasteiger partial charge on any atom is -0.370 e. The molecule has 1 aromatic heterocycles. The summed E-state index contributed by atoms with van der Waals surface area (Å²) in [7, 11) is 2.08. The standard InChI is InChI=1S/C7H9BN2/c8-6-3-5-1-2-9-7(5)10-4-6/h3-4H,1-2,8H2,(H,9,10). The summed E-state index contributed by atoms with van der Waals surface area (Å²) in [6, 6.07) is 2.20. The zero-order valence-corrected chi connectivity index (χ0v) is 6.02. The molecule has 0 aromatic carbocycles. The second-order valence-corrected chi connectivity index (χ2v) is 2.70. The van der Waals surface area contributed by atoms with Crippen molar-refractivity contribution in [1.29, 1.82) is 0 Å². The van der Waals surface area contributed by atoms with Crippen LogP contribution in [0.1, 0.15) is 5.56 Å². The molecule has 0 spiro atoms. The van der Waals surface area contributed by atoms with Crippen LogP contribution in [0.15, 0.2) is 12.3 Å². The number of fused-ring (bicyclic) bond motifs is 1. The Morgan fingerprint density at radius 1 is 1.60 bits per heavy atom. The molecular formula is C7H9BN2. The normalized spacial score (nSPS) is 14.4. The van der Waals surface area contributed by atoms with Gasteiger partial charge in [-0.05, 0) is 12.0 Å². The van der Waals surface area contributed by atoms with E-state index in [0.29, 0.717) is 0 Å². The molecule has 1 aliphatic heterocycles. The van der Waals surface area contributed by atoms with Gasteiger partial charge >= 0.3 is 0 Å². The first-order valence-corrected chi connectivity index (χ1v) is 3.55. The highest BCUT2D eigenvalue weighted by Crippen LogP contribution is 2.15. The Hall–Kier alpha value is -0.985. The minimum absolute atomic E-state index is 1.05. The molecule has 1 aliphatic rings. The van der Waals surface area contributed by atoms with Gasteiger partial charge in [0.15, 0.2) is 0 Å². The highest BCUT2D eigenvalue weighted by Gasteiger charge is 2.09. The Morgan fingerprint density at radius 3 is 3.40 bits per heavy atom. The number of nitrogens with one attached hydrogen (secondary N) is 1. The van der Waals surface area contributed by atoms with E-state index in [9.17, 15) is 0 Å². The van der Waals surface area contributed by atoms with Crippen molar-refractivity contribution in [2.45, 2.75) is 6.42 Å². The van der Waals surface area contributed by atoms with Crippen LogP contribution in [0.2, 0.25) is 0 Å². The van der Waals surface area contributed by atoms with E-state index in [-0.39, 0.29) is 0 Å². The van der Waals surface area contributed by atoms with Crippen LogP contribution in [0.5, 0.6) is 0 Å². The van der Waals surface area contributed by atoms with Crippen LogP contribution < -0.4 is 10.8 Å². The summed E-state index contributed by atoms with van der Waals surface area (Å²) in [5.41, 5.74) is 2.61. The highest BCUT2D eigenvalue weighted by atomic mass is 15.0.